The molecule has 6 heteroatoms. The molecule has 0 saturated heterocycles. The number of hydrogen-bond donors (Lipinski definition) is 0. The summed E-state index contributed by atoms with van der Waals surface area (Å²) >= 11 is 4.27. The molecule has 0 amide bonds. The first-order valence-corrected chi connectivity index (χ1v) is 5.68. The van der Waals surface area contributed by atoms with Crippen LogP contribution in [0.1, 0.15) is 19.5 Å². The Morgan fingerprint density at radius 1 is 1.47 bits per heavy atom. The molecule has 17 heavy (non-hydrogen) atoms. The average molecular weight is 300 g/mol. The van der Waals surface area contributed by atoms with Crippen molar-refractivity contribution >= 4 is 23.5 Å². The van der Waals surface area contributed by atoms with Gasteiger partial charge in [-0.3, -0.25) is 4.98 Å². The molecule has 0 aromatic carbocycles. The van der Waals surface area contributed by atoms with Crippen LogP contribution in [0.15, 0.2) is 29.5 Å². The number of pyridine rings is 1. The molecular formula is C11H16CuN4S+2. The minimum absolute atomic E-state index is 0. The van der Waals surface area contributed by atoms with Gasteiger partial charge >= 0.3 is 17.1 Å². The summed E-state index contributed by atoms with van der Waals surface area (Å²) in [5.41, 5.74) is 4.78. The second kappa shape index (κ2) is 9.24. The second-order valence-corrected chi connectivity index (χ2v) is 3.47. The third-order valence-electron chi connectivity index (χ3n) is 2.07. The van der Waals surface area contributed by atoms with Crippen LogP contribution in [0, 0.1) is 0 Å². The van der Waals surface area contributed by atoms with Crippen LogP contribution in [0.4, 0.5) is 0 Å². The summed E-state index contributed by atoms with van der Waals surface area (Å²) in [5, 5.41) is 4.56. The van der Waals surface area contributed by atoms with Gasteiger partial charge in [-0.1, -0.05) is 19.9 Å². The smallest absolute Gasteiger partial charge is 0.515 e. The van der Waals surface area contributed by atoms with Crippen molar-refractivity contribution in [2.24, 2.45) is 5.10 Å². The molecule has 0 aliphatic carbocycles. The largest absolute Gasteiger partial charge is 2.00 e. The van der Waals surface area contributed by atoms with Gasteiger partial charge in [-0.05, 0) is 12.1 Å². The van der Waals surface area contributed by atoms with E-state index in [2.05, 4.69) is 41.6 Å². The molecule has 0 spiro atoms. The first-order valence-electron chi connectivity index (χ1n) is 5.23. The van der Waals surface area contributed by atoms with E-state index >= 15 is 0 Å². The summed E-state index contributed by atoms with van der Waals surface area (Å²) in [4.78, 5) is 6.12. The zero-order valence-corrected chi connectivity index (χ0v) is 11.7. The maximum Gasteiger partial charge on any atom is 2.00 e. The summed E-state index contributed by atoms with van der Waals surface area (Å²) in [6.07, 6.45) is 3.33. The molecule has 1 aromatic rings. The standard InChI is InChI=1S/C11H16N4S.Cu/c1-3-15(4-2)11(16)14-13-9-10-7-5-6-8-12-10;/h5-9H,3-4H2,1-2H3,(H,12,14,16);/q;+2. The molecule has 0 bridgehead atoms. The van der Waals surface area contributed by atoms with Crippen molar-refractivity contribution in [2.75, 3.05) is 13.1 Å². The first-order chi connectivity index (χ1) is 7.77. The van der Waals surface area contributed by atoms with Crippen molar-refractivity contribution in [3.05, 3.63) is 35.5 Å². The van der Waals surface area contributed by atoms with E-state index in [0.29, 0.717) is 5.11 Å². The predicted octanol–water partition coefficient (Wildman–Crippen LogP) is 1.50. The van der Waals surface area contributed by atoms with Gasteiger partial charge in [0, 0.05) is 25.5 Å². The van der Waals surface area contributed by atoms with Crippen LogP contribution in [0.5, 0.6) is 0 Å². The van der Waals surface area contributed by atoms with E-state index in [4.69, 9.17) is 0 Å². The molecule has 4 nitrogen and oxygen atoms in total. The van der Waals surface area contributed by atoms with Crippen molar-refractivity contribution in [3.8, 4) is 0 Å². The van der Waals surface area contributed by atoms with Crippen LogP contribution in [-0.4, -0.2) is 34.3 Å². The molecule has 0 N–H and O–H groups in total. The molecule has 0 aliphatic heterocycles. The summed E-state index contributed by atoms with van der Waals surface area (Å²) in [7, 11) is 0. The van der Waals surface area contributed by atoms with Crippen LogP contribution in [0.3, 0.4) is 0 Å². The molecule has 0 aliphatic rings. The number of nitrogens with zero attached hydrogens (tertiary/aromatic N) is 4. The molecule has 1 radical (unpaired) electrons. The molecule has 0 unspecified atom stereocenters. The molecule has 1 aromatic heterocycles. The van der Waals surface area contributed by atoms with Crippen molar-refractivity contribution in [1.29, 1.82) is 0 Å². The number of aromatic nitrogens is 1. The van der Waals surface area contributed by atoms with Crippen molar-refractivity contribution < 1.29 is 17.1 Å². The molecule has 1 heterocycles. The normalized spacial score (nSPS) is 10.3. The molecule has 1 rings (SSSR count). The van der Waals surface area contributed by atoms with Crippen molar-refractivity contribution in [3.63, 3.8) is 0 Å². The Balaban J connectivity index is 0.00000256. The van der Waals surface area contributed by atoms with Gasteiger partial charge in [-0.2, -0.15) is 0 Å². The molecule has 0 atom stereocenters. The zero-order chi connectivity index (χ0) is 11.8. The van der Waals surface area contributed by atoms with E-state index in [1.54, 1.807) is 12.4 Å². The van der Waals surface area contributed by atoms with E-state index in [-0.39, 0.29) is 17.1 Å². The second-order valence-electron chi connectivity index (χ2n) is 3.07. The summed E-state index contributed by atoms with van der Waals surface area (Å²) < 4.78 is 0. The first kappa shape index (κ1) is 16.2. The maximum atomic E-state index is 4.27. The van der Waals surface area contributed by atoms with E-state index in [1.807, 2.05) is 23.1 Å². The fraction of sp³-hybridized carbons (Fsp3) is 0.364. The molecular weight excluding hydrogens is 284 g/mol. The number of thiol groups is 1. The van der Waals surface area contributed by atoms with E-state index < -0.39 is 0 Å². The Bertz CT molecular complexity index is 352. The zero-order valence-electron chi connectivity index (χ0n) is 9.84. The molecule has 95 valence electrons. The monoisotopic (exact) mass is 299 g/mol. The quantitative estimate of drug-likeness (QED) is 0.211. The number of rotatable bonds is 4. The molecule has 0 fully saturated rings. The van der Waals surface area contributed by atoms with Gasteiger partial charge in [0.15, 0.2) is 17.3 Å². The Morgan fingerprint density at radius 3 is 2.71 bits per heavy atom. The summed E-state index contributed by atoms with van der Waals surface area (Å²) in [6.45, 7) is 5.85. The minimum atomic E-state index is 0. The van der Waals surface area contributed by atoms with Gasteiger partial charge in [0.25, 0.3) is 0 Å². The van der Waals surface area contributed by atoms with Gasteiger partial charge in [0.2, 0.25) is 0 Å². The van der Waals surface area contributed by atoms with E-state index in [0.717, 1.165) is 18.8 Å². The summed E-state index contributed by atoms with van der Waals surface area (Å²) in [6, 6.07) is 5.64. The third-order valence-corrected chi connectivity index (χ3v) is 2.44. The van der Waals surface area contributed by atoms with Gasteiger partial charge in [0.1, 0.15) is 0 Å². The van der Waals surface area contributed by atoms with Crippen LogP contribution in [0.2, 0.25) is 0 Å². The summed E-state index contributed by atoms with van der Waals surface area (Å²) in [5.74, 6) is 0. The van der Waals surface area contributed by atoms with E-state index in [1.165, 1.54) is 0 Å². The van der Waals surface area contributed by atoms with Crippen LogP contribution in [0.25, 0.3) is 5.43 Å². The fourth-order valence-corrected chi connectivity index (χ4v) is 1.50. The topological polar surface area (TPSA) is 42.6 Å². The number of hydrogen-bond acceptors (Lipinski definition) is 2. The Hall–Kier alpha value is -0.811. The Labute approximate surface area is 118 Å². The maximum absolute atomic E-state index is 4.27. The Morgan fingerprint density at radius 2 is 2.18 bits per heavy atom. The van der Waals surface area contributed by atoms with Gasteiger partial charge in [-0.25, -0.2) is 4.90 Å². The minimum Gasteiger partial charge on any atom is -0.515 e. The van der Waals surface area contributed by atoms with Crippen LogP contribution in [-0.2, 0) is 29.3 Å². The van der Waals surface area contributed by atoms with Crippen LogP contribution < -0.4 is 0 Å². The van der Waals surface area contributed by atoms with Crippen molar-refractivity contribution in [2.45, 2.75) is 13.8 Å². The van der Waals surface area contributed by atoms with Gasteiger partial charge in [0.05, 0.1) is 5.69 Å². The third kappa shape index (κ3) is 5.89. The van der Waals surface area contributed by atoms with Crippen molar-refractivity contribution in [1.82, 2.24) is 9.88 Å². The van der Waals surface area contributed by atoms with Gasteiger partial charge in [-0.15, -0.1) is 0 Å². The SMILES string of the molecule is CCN(CC)C(=[SH+])[N-]N=Cc1ccccn1.[Cu+2]. The fourth-order valence-electron chi connectivity index (χ4n) is 1.16. The molecule has 0 saturated carbocycles. The Kier molecular flexibility index (Phi) is 8.80. The van der Waals surface area contributed by atoms with Gasteiger partial charge < -0.3 is 10.5 Å². The average Bonchev–Trinajstić information content (AvgIpc) is 2.32. The van der Waals surface area contributed by atoms with Crippen LogP contribution >= 0.6 is 0 Å². The van der Waals surface area contributed by atoms with E-state index in [9.17, 15) is 0 Å². The predicted molar refractivity (Wildman–Crippen MR) is 71.9 cm³/mol.